The predicted octanol–water partition coefficient (Wildman–Crippen LogP) is 11.8. The molecule has 0 fully saturated rings. The zero-order valence-electron chi connectivity index (χ0n) is 24.5. The van der Waals surface area contributed by atoms with Gasteiger partial charge in [0.05, 0.1) is 16.7 Å². The van der Waals surface area contributed by atoms with E-state index in [4.69, 9.17) is 4.42 Å². The Bertz CT molecular complexity index is 2450. The van der Waals surface area contributed by atoms with Gasteiger partial charge in [-0.2, -0.15) is 0 Å². The minimum absolute atomic E-state index is 0.892. The van der Waals surface area contributed by atoms with Crippen LogP contribution in [0.5, 0.6) is 0 Å². The van der Waals surface area contributed by atoms with E-state index in [9.17, 15) is 0 Å². The van der Waals surface area contributed by atoms with Gasteiger partial charge < -0.3 is 13.9 Å². The molecule has 45 heavy (non-hydrogen) atoms. The molecule has 0 atom stereocenters. The molecule has 3 heteroatoms. The summed E-state index contributed by atoms with van der Waals surface area (Å²) in [6.07, 6.45) is 0. The Morgan fingerprint density at radius 3 is 1.80 bits per heavy atom. The second-order valence-electron chi connectivity index (χ2n) is 11.4. The molecule has 2 heterocycles. The lowest BCUT2D eigenvalue weighted by molar-refractivity contribution is 0.669. The summed E-state index contributed by atoms with van der Waals surface area (Å²) in [7, 11) is 0. The number of fused-ring (bicyclic) bond motifs is 6. The lowest BCUT2D eigenvalue weighted by Crippen LogP contribution is -2.11. The average Bonchev–Trinajstić information content (AvgIpc) is 3.65. The van der Waals surface area contributed by atoms with Crippen LogP contribution in [0.1, 0.15) is 0 Å². The van der Waals surface area contributed by atoms with Crippen molar-refractivity contribution >= 4 is 60.8 Å². The Hall–Kier alpha value is -6.06. The summed E-state index contributed by atoms with van der Waals surface area (Å²) in [5.74, 6) is 0. The molecule has 2 aromatic heterocycles. The number of aromatic nitrogens is 1. The van der Waals surface area contributed by atoms with Crippen molar-refractivity contribution in [2.45, 2.75) is 0 Å². The molecule has 0 saturated carbocycles. The van der Waals surface area contributed by atoms with Crippen molar-refractivity contribution < 1.29 is 4.42 Å². The van der Waals surface area contributed by atoms with Crippen molar-refractivity contribution in [1.82, 2.24) is 4.57 Å². The first-order valence-corrected chi connectivity index (χ1v) is 15.3. The average molecular weight is 577 g/mol. The minimum atomic E-state index is 0.892. The summed E-state index contributed by atoms with van der Waals surface area (Å²) < 4.78 is 8.67. The molecular formula is C42H28N2O. The number of rotatable bonds is 5. The van der Waals surface area contributed by atoms with Crippen molar-refractivity contribution in [3.63, 3.8) is 0 Å². The quantitative estimate of drug-likeness (QED) is 0.203. The fourth-order valence-corrected chi connectivity index (χ4v) is 6.87. The van der Waals surface area contributed by atoms with E-state index in [0.29, 0.717) is 0 Å². The van der Waals surface area contributed by atoms with Crippen LogP contribution in [-0.4, -0.2) is 4.57 Å². The predicted molar refractivity (Wildman–Crippen MR) is 188 cm³/mol. The van der Waals surface area contributed by atoms with Gasteiger partial charge in [0.15, 0.2) is 0 Å². The van der Waals surface area contributed by atoms with E-state index in [2.05, 4.69) is 167 Å². The van der Waals surface area contributed by atoms with Crippen LogP contribution in [0.25, 0.3) is 60.6 Å². The Morgan fingerprint density at radius 1 is 0.422 bits per heavy atom. The van der Waals surface area contributed by atoms with Crippen molar-refractivity contribution in [2.24, 2.45) is 0 Å². The third-order valence-corrected chi connectivity index (χ3v) is 8.78. The van der Waals surface area contributed by atoms with Gasteiger partial charge in [-0.25, -0.2) is 0 Å². The molecule has 0 aliphatic heterocycles. The second-order valence-corrected chi connectivity index (χ2v) is 11.4. The third-order valence-electron chi connectivity index (χ3n) is 8.78. The summed E-state index contributed by atoms with van der Waals surface area (Å²) >= 11 is 0. The number of nitrogens with zero attached hydrogens (tertiary/aromatic N) is 2. The maximum Gasteiger partial charge on any atom is 0.136 e. The zero-order valence-corrected chi connectivity index (χ0v) is 24.5. The van der Waals surface area contributed by atoms with Crippen LogP contribution in [0.2, 0.25) is 0 Å². The number of anilines is 3. The summed E-state index contributed by atoms with van der Waals surface area (Å²) in [6.45, 7) is 0. The van der Waals surface area contributed by atoms with Crippen LogP contribution in [0.15, 0.2) is 174 Å². The van der Waals surface area contributed by atoms with Crippen LogP contribution in [0, 0.1) is 0 Å². The van der Waals surface area contributed by atoms with Gasteiger partial charge in [0.25, 0.3) is 0 Å². The summed E-state index contributed by atoms with van der Waals surface area (Å²) in [6, 6.07) is 60.2. The smallest absolute Gasteiger partial charge is 0.136 e. The first kappa shape index (κ1) is 25.4. The highest BCUT2D eigenvalue weighted by molar-refractivity contribution is 6.14. The molecule has 0 aliphatic carbocycles. The SMILES string of the molecule is c1ccc(N(c2cccc(-n3c4ccccc4c4ccccc43)c2)c2ccccc2-c2cccc3oc4ccccc4c23)cc1. The van der Waals surface area contributed by atoms with Crippen molar-refractivity contribution in [3.05, 3.63) is 170 Å². The molecule has 9 rings (SSSR count). The Labute approximate surface area is 260 Å². The first-order chi connectivity index (χ1) is 22.3. The molecule has 0 saturated heterocycles. The highest BCUT2D eigenvalue weighted by Crippen LogP contribution is 2.45. The van der Waals surface area contributed by atoms with Gasteiger partial charge in [-0.05, 0) is 66.2 Å². The topological polar surface area (TPSA) is 21.3 Å². The standard InChI is InChI=1S/C42H28N2O/c1-2-14-29(15-3-1)43(30-16-12-17-31(28-30)44-38-24-9-4-18-32(38)33-19-5-10-25-39(33)44)37-23-8-6-20-34(37)35-22-13-27-41-42(35)36-21-7-11-26-40(36)45-41/h1-28H. The number of hydrogen-bond acceptors (Lipinski definition) is 2. The molecule has 212 valence electrons. The van der Waals surface area contributed by atoms with Gasteiger partial charge in [-0.1, -0.05) is 109 Å². The van der Waals surface area contributed by atoms with Crippen LogP contribution in [0.4, 0.5) is 17.1 Å². The van der Waals surface area contributed by atoms with Gasteiger partial charge in [-0.15, -0.1) is 0 Å². The van der Waals surface area contributed by atoms with E-state index in [1.807, 2.05) is 12.1 Å². The molecule has 0 bridgehead atoms. The largest absolute Gasteiger partial charge is 0.456 e. The van der Waals surface area contributed by atoms with Gasteiger partial charge >= 0.3 is 0 Å². The Balaban J connectivity index is 1.29. The van der Waals surface area contributed by atoms with Gasteiger partial charge in [-0.3, -0.25) is 0 Å². The molecule has 0 aliphatic rings. The van der Waals surface area contributed by atoms with Crippen LogP contribution in [-0.2, 0) is 0 Å². The van der Waals surface area contributed by atoms with Gasteiger partial charge in [0.1, 0.15) is 11.2 Å². The van der Waals surface area contributed by atoms with Gasteiger partial charge in [0.2, 0.25) is 0 Å². The van der Waals surface area contributed by atoms with E-state index in [0.717, 1.165) is 55.8 Å². The molecule has 0 amide bonds. The summed E-state index contributed by atoms with van der Waals surface area (Å²) in [5, 5.41) is 4.76. The van der Waals surface area contributed by atoms with E-state index < -0.39 is 0 Å². The number of para-hydroxylation sites is 5. The Kier molecular flexibility index (Phi) is 5.82. The lowest BCUT2D eigenvalue weighted by atomic mass is 9.97. The maximum absolute atomic E-state index is 6.30. The molecule has 3 nitrogen and oxygen atoms in total. The number of benzene rings is 7. The highest BCUT2D eigenvalue weighted by atomic mass is 16.3. The van der Waals surface area contributed by atoms with E-state index >= 15 is 0 Å². The van der Waals surface area contributed by atoms with Crippen molar-refractivity contribution in [2.75, 3.05) is 4.90 Å². The van der Waals surface area contributed by atoms with E-state index in [1.54, 1.807) is 0 Å². The summed E-state index contributed by atoms with van der Waals surface area (Å²) in [5.41, 5.74) is 10.9. The molecule has 0 N–H and O–H groups in total. The third kappa shape index (κ3) is 4.05. The first-order valence-electron chi connectivity index (χ1n) is 15.3. The van der Waals surface area contributed by atoms with Crippen LogP contribution < -0.4 is 4.90 Å². The molecular weight excluding hydrogens is 548 g/mol. The van der Waals surface area contributed by atoms with Gasteiger partial charge in [0, 0.05) is 44.2 Å². The fraction of sp³-hybridized carbons (Fsp3) is 0. The van der Waals surface area contributed by atoms with E-state index in [1.165, 1.54) is 21.8 Å². The zero-order chi connectivity index (χ0) is 29.7. The normalized spacial score (nSPS) is 11.6. The fourth-order valence-electron chi connectivity index (χ4n) is 6.87. The monoisotopic (exact) mass is 576 g/mol. The Morgan fingerprint density at radius 2 is 1.00 bits per heavy atom. The van der Waals surface area contributed by atoms with Crippen LogP contribution >= 0.6 is 0 Å². The van der Waals surface area contributed by atoms with E-state index in [-0.39, 0.29) is 0 Å². The maximum atomic E-state index is 6.30. The number of furan rings is 1. The highest BCUT2D eigenvalue weighted by Gasteiger charge is 2.21. The molecule has 0 unspecified atom stereocenters. The van der Waals surface area contributed by atoms with Crippen molar-refractivity contribution in [1.29, 1.82) is 0 Å². The molecule has 9 aromatic rings. The second kappa shape index (κ2) is 10.3. The van der Waals surface area contributed by atoms with Crippen molar-refractivity contribution in [3.8, 4) is 16.8 Å². The molecule has 0 radical (unpaired) electrons. The summed E-state index contributed by atoms with van der Waals surface area (Å²) in [4.78, 5) is 2.37. The molecule has 7 aromatic carbocycles. The lowest BCUT2D eigenvalue weighted by Gasteiger charge is -2.28. The van der Waals surface area contributed by atoms with Crippen LogP contribution in [0.3, 0.4) is 0 Å². The molecule has 0 spiro atoms. The number of hydrogen-bond donors (Lipinski definition) is 0. The minimum Gasteiger partial charge on any atom is -0.456 e.